The van der Waals surface area contributed by atoms with Gasteiger partial charge < -0.3 is 15.6 Å². The van der Waals surface area contributed by atoms with E-state index in [1.165, 1.54) is 17.8 Å². The lowest BCUT2D eigenvalue weighted by Crippen LogP contribution is -2.37. The second kappa shape index (κ2) is 5.43. The molecule has 110 valence electrons. The number of carbonyl (C=O) groups excluding carboxylic acids is 2. The van der Waals surface area contributed by atoms with Crippen molar-refractivity contribution in [2.45, 2.75) is 18.8 Å². The van der Waals surface area contributed by atoms with E-state index in [0.717, 1.165) is 12.8 Å². The lowest BCUT2D eigenvalue weighted by molar-refractivity contribution is 0.0713. The van der Waals surface area contributed by atoms with E-state index in [0.29, 0.717) is 24.6 Å². The smallest absolute Gasteiger partial charge is 0.265 e. The summed E-state index contributed by atoms with van der Waals surface area (Å²) in [6, 6.07) is 1.51. The van der Waals surface area contributed by atoms with Crippen molar-refractivity contribution in [2.24, 2.45) is 5.73 Å². The standard InChI is InChI=1S/C14H17N5O2/c15-13(20)12-5-10(6-16-12)14(21)19-3-1-9(2-4-19)11-7-17-18-8-11/h5-9,16H,1-4H2,(H2,15,20)(H,17,18). The molecule has 1 aliphatic rings. The van der Waals surface area contributed by atoms with Gasteiger partial charge in [0.05, 0.1) is 11.8 Å². The number of piperidine rings is 1. The van der Waals surface area contributed by atoms with Crippen molar-refractivity contribution >= 4 is 11.8 Å². The average molecular weight is 287 g/mol. The van der Waals surface area contributed by atoms with Gasteiger partial charge in [0, 0.05) is 25.5 Å². The highest BCUT2D eigenvalue weighted by Crippen LogP contribution is 2.27. The van der Waals surface area contributed by atoms with Crippen LogP contribution in [0, 0.1) is 0 Å². The second-order valence-electron chi connectivity index (χ2n) is 5.26. The predicted octanol–water partition coefficient (Wildman–Crippen LogP) is 0.856. The molecule has 7 heteroatoms. The van der Waals surface area contributed by atoms with Crippen LogP contribution >= 0.6 is 0 Å². The Morgan fingerprint density at radius 1 is 1.29 bits per heavy atom. The largest absolute Gasteiger partial charge is 0.364 e. The van der Waals surface area contributed by atoms with E-state index in [1.807, 2.05) is 17.3 Å². The first-order valence-corrected chi connectivity index (χ1v) is 6.91. The molecule has 1 aliphatic heterocycles. The molecule has 4 N–H and O–H groups in total. The number of carbonyl (C=O) groups is 2. The van der Waals surface area contributed by atoms with Crippen molar-refractivity contribution in [1.29, 1.82) is 0 Å². The lowest BCUT2D eigenvalue weighted by Gasteiger charge is -2.31. The molecule has 0 aliphatic carbocycles. The maximum Gasteiger partial charge on any atom is 0.265 e. The first-order valence-electron chi connectivity index (χ1n) is 6.91. The van der Waals surface area contributed by atoms with E-state index >= 15 is 0 Å². The molecule has 0 spiro atoms. The zero-order valence-electron chi connectivity index (χ0n) is 11.5. The number of nitrogens with zero attached hydrogens (tertiary/aromatic N) is 2. The predicted molar refractivity (Wildman–Crippen MR) is 75.8 cm³/mol. The van der Waals surface area contributed by atoms with Crippen LogP contribution in [-0.4, -0.2) is 45.0 Å². The van der Waals surface area contributed by atoms with Gasteiger partial charge in [0.1, 0.15) is 5.69 Å². The van der Waals surface area contributed by atoms with Gasteiger partial charge in [-0.3, -0.25) is 14.7 Å². The maximum absolute atomic E-state index is 12.4. The third-order valence-electron chi connectivity index (χ3n) is 3.97. The summed E-state index contributed by atoms with van der Waals surface area (Å²) in [5.74, 6) is -0.183. The molecule has 0 saturated carbocycles. The number of primary amides is 1. The van der Waals surface area contributed by atoms with Crippen LogP contribution < -0.4 is 5.73 Å². The fourth-order valence-electron chi connectivity index (χ4n) is 2.74. The summed E-state index contributed by atoms with van der Waals surface area (Å²) in [5, 5.41) is 6.79. The molecule has 21 heavy (non-hydrogen) atoms. The fourth-order valence-corrected chi connectivity index (χ4v) is 2.74. The van der Waals surface area contributed by atoms with Crippen molar-refractivity contribution in [3.05, 3.63) is 41.5 Å². The average Bonchev–Trinajstić information content (AvgIpc) is 3.18. The number of aromatic amines is 2. The monoisotopic (exact) mass is 287 g/mol. The van der Waals surface area contributed by atoms with Crippen LogP contribution in [0.25, 0.3) is 0 Å². The molecule has 0 aromatic carbocycles. The molecule has 1 fully saturated rings. The van der Waals surface area contributed by atoms with E-state index in [-0.39, 0.29) is 11.6 Å². The number of rotatable bonds is 3. The van der Waals surface area contributed by atoms with Gasteiger partial charge in [0.25, 0.3) is 11.8 Å². The van der Waals surface area contributed by atoms with Crippen molar-refractivity contribution < 1.29 is 9.59 Å². The molecule has 0 bridgehead atoms. The number of aromatic nitrogens is 3. The van der Waals surface area contributed by atoms with Crippen LogP contribution in [0.1, 0.15) is 45.2 Å². The van der Waals surface area contributed by atoms with Gasteiger partial charge >= 0.3 is 0 Å². The molecular formula is C14H17N5O2. The molecule has 1 saturated heterocycles. The molecule has 7 nitrogen and oxygen atoms in total. The van der Waals surface area contributed by atoms with Gasteiger partial charge in [0.15, 0.2) is 0 Å². The van der Waals surface area contributed by atoms with E-state index in [1.54, 1.807) is 0 Å². The highest BCUT2D eigenvalue weighted by atomic mass is 16.2. The number of nitrogens with two attached hydrogens (primary N) is 1. The number of likely N-dealkylation sites (tertiary alicyclic amines) is 1. The molecule has 0 atom stereocenters. The minimum absolute atomic E-state index is 0.0654. The summed E-state index contributed by atoms with van der Waals surface area (Å²) in [7, 11) is 0. The number of amides is 2. The Morgan fingerprint density at radius 3 is 2.62 bits per heavy atom. The third kappa shape index (κ3) is 2.67. The first-order chi connectivity index (χ1) is 10.1. The summed E-state index contributed by atoms with van der Waals surface area (Å²) in [4.78, 5) is 27.9. The van der Waals surface area contributed by atoms with Gasteiger partial charge in [0.2, 0.25) is 0 Å². The maximum atomic E-state index is 12.4. The molecule has 3 rings (SSSR count). The molecule has 0 radical (unpaired) electrons. The number of H-pyrrole nitrogens is 2. The minimum atomic E-state index is -0.562. The summed E-state index contributed by atoms with van der Waals surface area (Å²) < 4.78 is 0. The third-order valence-corrected chi connectivity index (χ3v) is 3.97. The van der Waals surface area contributed by atoms with Gasteiger partial charge in [-0.05, 0) is 30.4 Å². The zero-order chi connectivity index (χ0) is 14.8. The Morgan fingerprint density at radius 2 is 2.05 bits per heavy atom. The number of hydrogen-bond donors (Lipinski definition) is 3. The molecule has 3 heterocycles. The zero-order valence-corrected chi connectivity index (χ0v) is 11.5. The Kier molecular flexibility index (Phi) is 3.47. The Bertz CT molecular complexity index is 638. The van der Waals surface area contributed by atoms with Gasteiger partial charge in [-0.1, -0.05) is 0 Å². The Hall–Kier alpha value is -2.57. The summed E-state index contributed by atoms with van der Waals surface area (Å²) >= 11 is 0. The number of hydrogen-bond acceptors (Lipinski definition) is 3. The van der Waals surface area contributed by atoms with Crippen molar-refractivity contribution in [1.82, 2.24) is 20.1 Å². The van der Waals surface area contributed by atoms with Crippen molar-refractivity contribution in [3.8, 4) is 0 Å². The van der Waals surface area contributed by atoms with Crippen LogP contribution in [0.15, 0.2) is 24.7 Å². The van der Waals surface area contributed by atoms with Crippen molar-refractivity contribution in [3.63, 3.8) is 0 Å². The normalized spacial score (nSPS) is 16.1. The minimum Gasteiger partial charge on any atom is -0.364 e. The van der Waals surface area contributed by atoms with Gasteiger partial charge in [-0.15, -0.1) is 0 Å². The van der Waals surface area contributed by atoms with E-state index in [9.17, 15) is 9.59 Å². The summed E-state index contributed by atoms with van der Waals surface area (Å²) in [5.41, 5.74) is 7.10. The second-order valence-corrected chi connectivity index (χ2v) is 5.26. The SMILES string of the molecule is NC(=O)c1cc(C(=O)N2CCC(c3cn[nH]c3)CC2)c[nH]1. The van der Waals surface area contributed by atoms with Gasteiger partial charge in [-0.2, -0.15) is 5.10 Å². The van der Waals surface area contributed by atoms with Crippen LogP contribution in [-0.2, 0) is 0 Å². The van der Waals surface area contributed by atoms with Crippen LogP contribution in [0.3, 0.4) is 0 Å². The topological polar surface area (TPSA) is 108 Å². The molecule has 0 unspecified atom stereocenters. The molecule has 2 aromatic rings. The van der Waals surface area contributed by atoms with Crippen LogP contribution in [0.5, 0.6) is 0 Å². The Balaban J connectivity index is 1.63. The van der Waals surface area contributed by atoms with Crippen LogP contribution in [0.2, 0.25) is 0 Å². The quantitative estimate of drug-likeness (QED) is 0.779. The fraction of sp³-hybridized carbons (Fsp3) is 0.357. The van der Waals surface area contributed by atoms with Crippen LogP contribution in [0.4, 0.5) is 0 Å². The summed E-state index contributed by atoms with van der Waals surface area (Å²) in [6.07, 6.45) is 7.11. The number of nitrogens with one attached hydrogen (secondary N) is 2. The van der Waals surface area contributed by atoms with E-state index in [4.69, 9.17) is 5.73 Å². The highest BCUT2D eigenvalue weighted by molar-refractivity contribution is 5.98. The molecule has 2 aromatic heterocycles. The van der Waals surface area contributed by atoms with Gasteiger partial charge in [-0.25, -0.2) is 0 Å². The molecular weight excluding hydrogens is 270 g/mol. The van der Waals surface area contributed by atoms with Crippen molar-refractivity contribution in [2.75, 3.05) is 13.1 Å². The molecule has 2 amide bonds. The Labute approximate surface area is 121 Å². The summed E-state index contributed by atoms with van der Waals surface area (Å²) in [6.45, 7) is 1.40. The van der Waals surface area contributed by atoms with E-state index < -0.39 is 5.91 Å². The highest BCUT2D eigenvalue weighted by Gasteiger charge is 2.25. The lowest BCUT2D eigenvalue weighted by atomic mass is 9.91. The first kappa shape index (κ1) is 13.4. The van der Waals surface area contributed by atoms with E-state index in [2.05, 4.69) is 15.2 Å².